The van der Waals surface area contributed by atoms with Gasteiger partial charge in [0.2, 0.25) is 11.8 Å². The molecule has 1 fully saturated rings. The molecule has 1 amide bonds. The van der Waals surface area contributed by atoms with E-state index in [1.54, 1.807) is 11.3 Å². The van der Waals surface area contributed by atoms with Gasteiger partial charge in [-0.2, -0.15) is 0 Å². The number of amides is 1. The fourth-order valence-corrected chi connectivity index (χ4v) is 3.29. The van der Waals surface area contributed by atoms with Crippen LogP contribution < -0.4 is 0 Å². The average molecular weight is 305 g/mol. The van der Waals surface area contributed by atoms with Crippen molar-refractivity contribution in [3.8, 4) is 10.8 Å². The van der Waals surface area contributed by atoms with Crippen LogP contribution in [0.25, 0.3) is 10.8 Å². The van der Waals surface area contributed by atoms with Gasteiger partial charge >= 0.3 is 0 Å². The molecule has 0 bridgehead atoms. The Balaban J connectivity index is 1.73. The van der Waals surface area contributed by atoms with Gasteiger partial charge in [-0.1, -0.05) is 19.9 Å². The number of carbonyl (C=O) groups excluding carboxylic acids is 1. The Bertz CT molecular complexity index is 606. The molecule has 1 aliphatic heterocycles. The van der Waals surface area contributed by atoms with Crippen LogP contribution in [0.1, 0.15) is 38.5 Å². The van der Waals surface area contributed by atoms with Crippen molar-refractivity contribution >= 4 is 17.2 Å². The van der Waals surface area contributed by atoms with E-state index in [1.807, 2.05) is 36.3 Å². The van der Waals surface area contributed by atoms with Crippen LogP contribution in [0.5, 0.6) is 0 Å². The number of aromatic nitrogens is 2. The third-order valence-corrected chi connectivity index (χ3v) is 4.61. The van der Waals surface area contributed by atoms with E-state index >= 15 is 0 Å². The molecule has 0 spiro atoms. The third kappa shape index (κ3) is 3.00. The third-order valence-electron chi connectivity index (χ3n) is 3.75. The van der Waals surface area contributed by atoms with Crippen LogP contribution in [-0.4, -0.2) is 34.1 Å². The predicted molar refractivity (Wildman–Crippen MR) is 81.0 cm³/mol. The van der Waals surface area contributed by atoms with E-state index in [0.29, 0.717) is 18.3 Å². The molecule has 1 atom stereocenters. The minimum absolute atomic E-state index is 0.0353. The first-order chi connectivity index (χ1) is 10.1. The summed E-state index contributed by atoms with van der Waals surface area (Å²) < 4.78 is 5.81. The van der Waals surface area contributed by atoms with Gasteiger partial charge in [-0.15, -0.1) is 21.5 Å². The van der Waals surface area contributed by atoms with E-state index in [-0.39, 0.29) is 17.7 Å². The number of likely N-dealkylation sites (tertiary alicyclic amines) is 1. The van der Waals surface area contributed by atoms with Gasteiger partial charge in [0.15, 0.2) is 0 Å². The first-order valence-corrected chi connectivity index (χ1v) is 8.19. The summed E-state index contributed by atoms with van der Waals surface area (Å²) in [7, 11) is 0. The highest BCUT2D eigenvalue weighted by atomic mass is 32.1. The van der Waals surface area contributed by atoms with Crippen LogP contribution >= 0.6 is 11.3 Å². The highest BCUT2D eigenvalue weighted by molar-refractivity contribution is 7.13. The summed E-state index contributed by atoms with van der Waals surface area (Å²) in [5, 5.41) is 10.3. The molecule has 3 heterocycles. The molecule has 5 nitrogen and oxygen atoms in total. The Morgan fingerprint density at radius 3 is 3.05 bits per heavy atom. The van der Waals surface area contributed by atoms with Crippen LogP contribution in [0.2, 0.25) is 0 Å². The van der Waals surface area contributed by atoms with Gasteiger partial charge in [0, 0.05) is 19.0 Å². The molecular weight excluding hydrogens is 286 g/mol. The quantitative estimate of drug-likeness (QED) is 0.874. The standard InChI is InChI=1S/C15H19N3O2S/c1-10(2)15(19)18-7-3-5-11(9-18)13-16-17-14(20-13)12-6-4-8-21-12/h4,6,8,10-11H,3,5,7,9H2,1-2H3. The van der Waals surface area contributed by atoms with Crippen LogP contribution in [0.15, 0.2) is 21.9 Å². The fraction of sp³-hybridized carbons (Fsp3) is 0.533. The number of hydrogen-bond donors (Lipinski definition) is 0. The Morgan fingerprint density at radius 2 is 2.33 bits per heavy atom. The highest BCUT2D eigenvalue weighted by Crippen LogP contribution is 2.30. The number of hydrogen-bond acceptors (Lipinski definition) is 5. The molecule has 0 saturated carbocycles. The Hall–Kier alpha value is -1.69. The normalized spacial score (nSPS) is 19.2. The summed E-state index contributed by atoms with van der Waals surface area (Å²) in [4.78, 5) is 15.0. The molecule has 2 aromatic rings. The summed E-state index contributed by atoms with van der Waals surface area (Å²) in [6.07, 6.45) is 1.98. The molecule has 6 heteroatoms. The summed E-state index contributed by atoms with van der Waals surface area (Å²) in [6.45, 7) is 5.39. The second-order valence-electron chi connectivity index (χ2n) is 5.70. The molecule has 0 aliphatic carbocycles. The maximum absolute atomic E-state index is 12.1. The zero-order valence-corrected chi connectivity index (χ0v) is 13.1. The van der Waals surface area contributed by atoms with E-state index in [2.05, 4.69) is 10.2 Å². The van der Waals surface area contributed by atoms with E-state index in [9.17, 15) is 4.79 Å². The molecule has 112 valence electrons. The molecule has 3 rings (SSSR count). The summed E-state index contributed by atoms with van der Waals surface area (Å²) in [5.41, 5.74) is 0. The predicted octanol–water partition coefficient (Wildman–Crippen LogP) is 3.16. The van der Waals surface area contributed by atoms with Crippen molar-refractivity contribution in [2.24, 2.45) is 5.92 Å². The zero-order valence-electron chi connectivity index (χ0n) is 12.3. The van der Waals surface area contributed by atoms with Crippen molar-refractivity contribution < 1.29 is 9.21 Å². The van der Waals surface area contributed by atoms with Crippen molar-refractivity contribution in [3.05, 3.63) is 23.4 Å². The van der Waals surface area contributed by atoms with Crippen LogP contribution in [0.3, 0.4) is 0 Å². The minimum atomic E-state index is 0.0353. The monoisotopic (exact) mass is 305 g/mol. The molecule has 21 heavy (non-hydrogen) atoms. The number of nitrogens with zero attached hydrogens (tertiary/aromatic N) is 3. The Labute approximate surface area is 128 Å². The van der Waals surface area contributed by atoms with Gasteiger partial charge in [-0.05, 0) is 24.3 Å². The smallest absolute Gasteiger partial charge is 0.257 e. The highest BCUT2D eigenvalue weighted by Gasteiger charge is 2.29. The van der Waals surface area contributed by atoms with Crippen LogP contribution in [0, 0.1) is 5.92 Å². The molecule has 1 aliphatic rings. The number of rotatable bonds is 3. The van der Waals surface area contributed by atoms with Gasteiger partial charge in [0.25, 0.3) is 5.89 Å². The lowest BCUT2D eigenvalue weighted by Crippen LogP contribution is -2.41. The molecule has 1 unspecified atom stereocenters. The molecule has 1 saturated heterocycles. The Morgan fingerprint density at radius 1 is 1.48 bits per heavy atom. The van der Waals surface area contributed by atoms with Crippen molar-refractivity contribution in [2.45, 2.75) is 32.6 Å². The zero-order chi connectivity index (χ0) is 14.8. The first kappa shape index (κ1) is 14.3. The Kier molecular flexibility index (Phi) is 4.05. The average Bonchev–Trinajstić information content (AvgIpc) is 3.17. The SMILES string of the molecule is CC(C)C(=O)N1CCCC(c2nnc(-c3cccs3)o2)C1. The van der Waals surface area contributed by atoms with Crippen molar-refractivity contribution in [3.63, 3.8) is 0 Å². The van der Waals surface area contributed by atoms with Gasteiger partial charge in [-0.3, -0.25) is 4.79 Å². The van der Waals surface area contributed by atoms with E-state index in [0.717, 1.165) is 24.3 Å². The number of carbonyl (C=O) groups is 1. The number of thiophene rings is 1. The molecular formula is C15H19N3O2S. The lowest BCUT2D eigenvalue weighted by atomic mass is 9.97. The summed E-state index contributed by atoms with van der Waals surface area (Å²) in [5.74, 6) is 1.63. The summed E-state index contributed by atoms with van der Waals surface area (Å²) in [6, 6.07) is 3.94. The fourth-order valence-electron chi connectivity index (χ4n) is 2.64. The molecule has 0 aromatic carbocycles. The topological polar surface area (TPSA) is 59.2 Å². The maximum Gasteiger partial charge on any atom is 0.257 e. The second kappa shape index (κ2) is 5.97. The van der Waals surface area contributed by atoms with Gasteiger partial charge < -0.3 is 9.32 Å². The van der Waals surface area contributed by atoms with Crippen molar-refractivity contribution in [1.29, 1.82) is 0 Å². The summed E-state index contributed by atoms with van der Waals surface area (Å²) >= 11 is 1.58. The van der Waals surface area contributed by atoms with Crippen LogP contribution in [0.4, 0.5) is 0 Å². The second-order valence-corrected chi connectivity index (χ2v) is 6.65. The van der Waals surface area contributed by atoms with Gasteiger partial charge in [-0.25, -0.2) is 0 Å². The van der Waals surface area contributed by atoms with E-state index in [4.69, 9.17) is 4.42 Å². The largest absolute Gasteiger partial charge is 0.420 e. The lowest BCUT2D eigenvalue weighted by molar-refractivity contribution is -0.135. The van der Waals surface area contributed by atoms with Crippen molar-refractivity contribution in [2.75, 3.05) is 13.1 Å². The first-order valence-electron chi connectivity index (χ1n) is 7.31. The van der Waals surface area contributed by atoms with E-state index < -0.39 is 0 Å². The molecule has 0 N–H and O–H groups in total. The van der Waals surface area contributed by atoms with Gasteiger partial charge in [0.05, 0.1) is 10.8 Å². The lowest BCUT2D eigenvalue weighted by Gasteiger charge is -2.32. The van der Waals surface area contributed by atoms with Crippen molar-refractivity contribution in [1.82, 2.24) is 15.1 Å². The van der Waals surface area contributed by atoms with Gasteiger partial charge in [0.1, 0.15) is 0 Å². The van der Waals surface area contributed by atoms with Crippen LogP contribution in [-0.2, 0) is 4.79 Å². The molecule has 2 aromatic heterocycles. The number of piperidine rings is 1. The minimum Gasteiger partial charge on any atom is -0.420 e. The molecule has 0 radical (unpaired) electrons. The van der Waals surface area contributed by atoms with E-state index in [1.165, 1.54) is 0 Å². The maximum atomic E-state index is 12.1.